The van der Waals surface area contributed by atoms with Crippen LogP contribution in [0.5, 0.6) is 0 Å². The molecule has 1 saturated carbocycles. The molecule has 2 aliphatic rings. The molecule has 0 spiro atoms. The van der Waals surface area contributed by atoms with Crippen molar-refractivity contribution in [2.24, 2.45) is 5.92 Å². The van der Waals surface area contributed by atoms with E-state index < -0.39 is 30.1 Å². The van der Waals surface area contributed by atoms with Crippen LogP contribution >= 0.6 is 0 Å². The molecule has 1 aromatic heterocycles. The van der Waals surface area contributed by atoms with Crippen molar-refractivity contribution in [1.82, 2.24) is 20.0 Å². The van der Waals surface area contributed by atoms with E-state index in [1.165, 1.54) is 17.7 Å². The van der Waals surface area contributed by atoms with Gasteiger partial charge in [-0.25, -0.2) is 0 Å². The summed E-state index contributed by atoms with van der Waals surface area (Å²) in [7, 11) is 0. The van der Waals surface area contributed by atoms with Gasteiger partial charge in [-0.3, -0.25) is 14.3 Å². The monoisotopic (exact) mass is 398 g/mol. The van der Waals surface area contributed by atoms with Crippen LogP contribution in [0.3, 0.4) is 0 Å². The summed E-state index contributed by atoms with van der Waals surface area (Å²) in [5.74, 6) is -0.774. The summed E-state index contributed by atoms with van der Waals surface area (Å²) in [6.45, 7) is 3.33. The zero-order chi connectivity index (χ0) is 20.5. The fourth-order valence-corrected chi connectivity index (χ4v) is 3.60. The van der Waals surface area contributed by atoms with E-state index >= 15 is 0 Å². The lowest BCUT2D eigenvalue weighted by atomic mass is 10.1. The number of hydrogen-bond acceptors (Lipinski definition) is 5. The maximum atomic E-state index is 12.5. The number of fused-ring (bicyclic) bond motifs is 1. The van der Waals surface area contributed by atoms with E-state index in [9.17, 15) is 19.8 Å². The second kappa shape index (κ2) is 7.96. The number of nitrogens with one attached hydrogen (secondary N) is 1. The van der Waals surface area contributed by atoms with Gasteiger partial charge in [-0.1, -0.05) is 24.3 Å². The van der Waals surface area contributed by atoms with E-state index in [1.807, 2.05) is 41.2 Å². The summed E-state index contributed by atoms with van der Waals surface area (Å²) in [6.07, 6.45) is 0.658. The van der Waals surface area contributed by atoms with Crippen molar-refractivity contribution in [3.63, 3.8) is 0 Å². The molecule has 0 bridgehead atoms. The summed E-state index contributed by atoms with van der Waals surface area (Å²) in [6, 6.07) is 8.99. The van der Waals surface area contributed by atoms with Gasteiger partial charge in [0.15, 0.2) is 12.2 Å². The van der Waals surface area contributed by atoms with Crippen LogP contribution in [0, 0.1) is 5.92 Å². The molecule has 3 N–H and O–H groups in total. The maximum absolute atomic E-state index is 12.5. The van der Waals surface area contributed by atoms with E-state index in [4.69, 9.17) is 0 Å². The van der Waals surface area contributed by atoms with Crippen molar-refractivity contribution in [1.29, 1.82) is 0 Å². The largest absolute Gasteiger partial charge is 0.380 e. The zero-order valence-electron chi connectivity index (χ0n) is 16.4. The minimum Gasteiger partial charge on any atom is -0.380 e. The highest BCUT2D eigenvalue weighted by atomic mass is 16.3. The highest BCUT2D eigenvalue weighted by molar-refractivity contribution is 5.91. The van der Waals surface area contributed by atoms with Gasteiger partial charge >= 0.3 is 0 Å². The number of rotatable bonds is 7. The minimum atomic E-state index is -1.85. The van der Waals surface area contributed by atoms with Gasteiger partial charge in [-0.2, -0.15) is 5.10 Å². The third kappa shape index (κ3) is 4.33. The number of aromatic nitrogens is 2. The standard InChI is InChI=1S/C21H26N4O4/c1-13(17-8-9-25(23-17)10-14-6-7-14)22-20(28)18(26)19(27)21(29)24-11-15-4-2-3-5-16(15)12-24/h2-5,8-9,13-14,18-19,26-27H,6-7,10-12H2,1H3,(H,22,28)/t13-,18-,19-/m1/s1. The second-order valence-corrected chi connectivity index (χ2v) is 7.99. The molecule has 4 rings (SSSR count). The van der Waals surface area contributed by atoms with E-state index in [-0.39, 0.29) is 0 Å². The molecule has 1 aliphatic carbocycles. The van der Waals surface area contributed by atoms with Crippen LogP contribution in [0.4, 0.5) is 0 Å². The number of aliphatic hydroxyl groups excluding tert-OH is 2. The Bertz CT molecular complexity index is 883. The highest BCUT2D eigenvalue weighted by Gasteiger charge is 2.36. The predicted octanol–water partition coefficient (Wildman–Crippen LogP) is 0.734. The van der Waals surface area contributed by atoms with Crippen molar-refractivity contribution in [3.05, 3.63) is 53.3 Å². The smallest absolute Gasteiger partial charge is 0.255 e. The number of amides is 2. The van der Waals surface area contributed by atoms with Crippen LogP contribution in [0.2, 0.25) is 0 Å². The fourth-order valence-electron chi connectivity index (χ4n) is 3.60. The predicted molar refractivity (Wildman–Crippen MR) is 104 cm³/mol. The number of benzene rings is 1. The Balaban J connectivity index is 1.32. The summed E-state index contributed by atoms with van der Waals surface area (Å²) in [5.41, 5.74) is 2.67. The van der Waals surface area contributed by atoms with Crippen molar-refractivity contribution in [3.8, 4) is 0 Å². The third-order valence-corrected chi connectivity index (χ3v) is 5.58. The van der Waals surface area contributed by atoms with Gasteiger partial charge in [0.1, 0.15) is 0 Å². The van der Waals surface area contributed by atoms with E-state index in [1.54, 1.807) is 6.92 Å². The second-order valence-electron chi connectivity index (χ2n) is 7.99. The summed E-state index contributed by atoms with van der Waals surface area (Å²) in [4.78, 5) is 26.4. The molecular weight excluding hydrogens is 372 g/mol. The Morgan fingerprint density at radius 1 is 1.14 bits per heavy atom. The molecule has 0 unspecified atom stereocenters. The molecule has 1 aromatic carbocycles. The van der Waals surface area contributed by atoms with Gasteiger partial charge in [0.25, 0.3) is 11.8 Å². The number of carbonyl (C=O) groups is 2. The van der Waals surface area contributed by atoms with Crippen LogP contribution in [0.25, 0.3) is 0 Å². The maximum Gasteiger partial charge on any atom is 0.255 e. The molecule has 8 heteroatoms. The number of hydrogen-bond donors (Lipinski definition) is 3. The lowest BCUT2D eigenvalue weighted by molar-refractivity contribution is -0.153. The average molecular weight is 398 g/mol. The van der Waals surface area contributed by atoms with Gasteiger partial charge in [-0.15, -0.1) is 0 Å². The molecule has 29 heavy (non-hydrogen) atoms. The Kier molecular flexibility index (Phi) is 5.38. The summed E-state index contributed by atoms with van der Waals surface area (Å²) >= 11 is 0. The van der Waals surface area contributed by atoms with Crippen LogP contribution in [-0.4, -0.2) is 48.9 Å². The fraction of sp³-hybridized carbons (Fsp3) is 0.476. The van der Waals surface area contributed by atoms with Crippen molar-refractivity contribution >= 4 is 11.8 Å². The quantitative estimate of drug-likeness (QED) is 0.638. The van der Waals surface area contributed by atoms with Crippen molar-refractivity contribution in [2.45, 2.75) is 57.6 Å². The van der Waals surface area contributed by atoms with Crippen LogP contribution in [-0.2, 0) is 29.2 Å². The lowest BCUT2D eigenvalue weighted by Gasteiger charge is -2.23. The molecule has 0 radical (unpaired) electrons. The van der Waals surface area contributed by atoms with Crippen molar-refractivity contribution in [2.75, 3.05) is 0 Å². The van der Waals surface area contributed by atoms with E-state index in [0.29, 0.717) is 24.7 Å². The molecule has 2 aromatic rings. The average Bonchev–Trinajstić information content (AvgIpc) is 3.23. The van der Waals surface area contributed by atoms with E-state index in [2.05, 4.69) is 10.4 Å². The summed E-state index contributed by atoms with van der Waals surface area (Å²) < 4.78 is 1.86. The Morgan fingerprint density at radius 3 is 2.41 bits per heavy atom. The molecule has 0 saturated heterocycles. The SMILES string of the molecule is C[C@@H](NC(=O)[C@H](O)[C@@H](O)C(=O)N1Cc2ccccc2C1)c1ccn(CC2CC2)n1. The van der Waals surface area contributed by atoms with Crippen LogP contribution in [0.15, 0.2) is 36.5 Å². The number of aliphatic hydroxyl groups is 2. The first-order chi connectivity index (χ1) is 13.9. The zero-order valence-corrected chi connectivity index (χ0v) is 16.4. The molecule has 2 amide bonds. The first-order valence-electron chi connectivity index (χ1n) is 9.98. The molecule has 8 nitrogen and oxygen atoms in total. The van der Waals surface area contributed by atoms with Crippen LogP contribution < -0.4 is 5.32 Å². The minimum absolute atomic E-state index is 0.356. The first kappa shape index (κ1) is 19.6. The molecule has 3 atom stereocenters. The first-order valence-corrected chi connectivity index (χ1v) is 9.98. The van der Waals surface area contributed by atoms with Crippen molar-refractivity contribution < 1.29 is 19.8 Å². The molecule has 1 aliphatic heterocycles. The van der Waals surface area contributed by atoms with Crippen LogP contribution in [0.1, 0.15) is 42.6 Å². The molecule has 154 valence electrons. The van der Waals surface area contributed by atoms with Gasteiger partial charge in [0.05, 0.1) is 11.7 Å². The molecular formula is C21H26N4O4. The van der Waals surface area contributed by atoms with Gasteiger partial charge < -0.3 is 20.4 Å². The lowest BCUT2D eigenvalue weighted by Crippen LogP contribution is -2.50. The highest BCUT2D eigenvalue weighted by Crippen LogP contribution is 2.30. The summed E-state index contributed by atoms with van der Waals surface area (Å²) in [5, 5.41) is 27.6. The molecule has 2 heterocycles. The molecule has 1 fully saturated rings. The topological polar surface area (TPSA) is 108 Å². The van der Waals surface area contributed by atoms with E-state index in [0.717, 1.165) is 17.7 Å². The Hall–Kier alpha value is -2.71. The van der Waals surface area contributed by atoms with Gasteiger partial charge in [0.2, 0.25) is 0 Å². The Labute approximate surface area is 169 Å². The van der Waals surface area contributed by atoms with Gasteiger partial charge in [-0.05, 0) is 42.9 Å². The normalized spacial score (nSPS) is 18.8. The number of carbonyl (C=O) groups excluding carboxylic acids is 2. The number of nitrogens with zero attached hydrogens (tertiary/aromatic N) is 3. The Morgan fingerprint density at radius 2 is 1.79 bits per heavy atom. The third-order valence-electron chi connectivity index (χ3n) is 5.58. The van der Waals surface area contributed by atoms with Gasteiger partial charge in [0, 0.05) is 25.8 Å².